The van der Waals surface area contributed by atoms with Crippen molar-refractivity contribution in [2.24, 2.45) is 0 Å². The molecule has 3 nitrogen and oxygen atoms in total. The lowest BCUT2D eigenvalue weighted by Gasteiger charge is -2.13. The van der Waals surface area contributed by atoms with E-state index in [-0.39, 0.29) is 5.91 Å². The molecule has 0 unspecified atom stereocenters. The van der Waals surface area contributed by atoms with Crippen LogP contribution in [0.3, 0.4) is 0 Å². The van der Waals surface area contributed by atoms with Crippen LogP contribution in [0.15, 0.2) is 30.5 Å². The van der Waals surface area contributed by atoms with Gasteiger partial charge in [-0.25, -0.2) is 0 Å². The van der Waals surface area contributed by atoms with Gasteiger partial charge in [-0.05, 0) is 24.6 Å². The topological polar surface area (TPSA) is 33.0 Å². The van der Waals surface area contributed by atoms with E-state index in [2.05, 4.69) is 18.3 Å². The van der Waals surface area contributed by atoms with Crippen molar-refractivity contribution in [3.8, 4) is 0 Å². The van der Waals surface area contributed by atoms with Gasteiger partial charge in [0.25, 0.3) is 5.91 Å². The minimum Gasteiger partial charge on any atom is -0.318 e. The lowest BCUT2D eigenvalue weighted by molar-refractivity contribution is -0.711. The molecule has 1 heterocycles. The van der Waals surface area contributed by atoms with Gasteiger partial charge < -0.3 is 5.32 Å². The van der Waals surface area contributed by atoms with E-state index in [9.17, 15) is 4.79 Å². The Morgan fingerprint density at radius 3 is 2.39 bits per heavy atom. The molecule has 0 aliphatic carbocycles. The maximum atomic E-state index is 12.6. The molecule has 1 aromatic carbocycles. The highest BCUT2D eigenvalue weighted by Gasteiger charge is 2.25. The zero-order valence-electron chi connectivity index (χ0n) is 13.2. The Kier molecular flexibility index (Phi) is 5.90. The highest BCUT2D eigenvalue weighted by Crippen LogP contribution is 2.33. The highest BCUT2D eigenvalue weighted by molar-refractivity contribution is 6.42. The number of aryl methyl sites for hydroxylation is 2. The molecule has 6 heteroatoms. The molecular formula is C17H18Cl3N2O+. The summed E-state index contributed by atoms with van der Waals surface area (Å²) in [7, 11) is 0. The number of halogens is 3. The Morgan fingerprint density at radius 2 is 1.83 bits per heavy atom. The minimum atomic E-state index is -0.399. The van der Waals surface area contributed by atoms with Crippen molar-refractivity contribution in [3.05, 3.63) is 56.8 Å². The average Bonchev–Trinajstić information content (AvgIpc) is 2.50. The summed E-state index contributed by atoms with van der Waals surface area (Å²) < 4.78 is 1.94. The smallest absolute Gasteiger partial charge is 0.293 e. The lowest BCUT2D eigenvalue weighted by atomic mass is 10.1. The third-order valence-corrected chi connectivity index (χ3v) is 4.53. The molecule has 0 bridgehead atoms. The molecule has 1 amide bonds. The van der Waals surface area contributed by atoms with Gasteiger partial charge in [-0.2, -0.15) is 4.57 Å². The van der Waals surface area contributed by atoms with E-state index < -0.39 is 6.04 Å². The minimum absolute atomic E-state index is 0.197. The van der Waals surface area contributed by atoms with Gasteiger partial charge in [-0.3, -0.25) is 4.79 Å². The van der Waals surface area contributed by atoms with Crippen LogP contribution in [0.2, 0.25) is 15.1 Å². The summed E-state index contributed by atoms with van der Waals surface area (Å²) >= 11 is 18.1. The van der Waals surface area contributed by atoms with Crippen LogP contribution in [0.1, 0.15) is 31.1 Å². The summed E-state index contributed by atoms with van der Waals surface area (Å²) in [6.45, 7) is 5.87. The van der Waals surface area contributed by atoms with Gasteiger partial charge in [0.2, 0.25) is 6.04 Å². The lowest BCUT2D eigenvalue weighted by Crippen LogP contribution is -2.47. The first-order valence-corrected chi connectivity index (χ1v) is 8.43. The van der Waals surface area contributed by atoms with Crippen molar-refractivity contribution >= 4 is 46.4 Å². The number of amides is 1. The molecule has 1 aromatic heterocycles. The standard InChI is InChI=1S/C17H17Cl3N2O/c1-4-12-6-5-10(2)22(9-12)11(3)17(23)21-16-14(19)7-13(18)8-15(16)20/h5-9,11H,4H2,1-3H3/p+1/t11-/m1/s1. The van der Waals surface area contributed by atoms with Crippen LogP contribution in [-0.2, 0) is 11.2 Å². The second-order valence-corrected chi connectivity index (χ2v) is 6.60. The van der Waals surface area contributed by atoms with Gasteiger partial charge in [0.15, 0.2) is 11.9 Å². The predicted octanol–water partition coefficient (Wildman–Crippen LogP) is 5.00. The number of aromatic nitrogens is 1. The number of carbonyl (C=O) groups is 1. The number of pyridine rings is 1. The van der Waals surface area contributed by atoms with Crippen molar-refractivity contribution in [1.82, 2.24) is 0 Å². The first-order chi connectivity index (χ1) is 10.8. The monoisotopic (exact) mass is 371 g/mol. The molecule has 0 radical (unpaired) electrons. The van der Waals surface area contributed by atoms with Gasteiger partial charge in [0, 0.05) is 30.5 Å². The van der Waals surface area contributed by atoms with Crippen molar-refractivity contribution in [2.45, 2.75) is 33.2 Å². The van der Waals surface area contributed by atoms with Crippen LogP contribution in [0.5, 0.6) is 0 Å². The number of rotatable bonds is 4. The Bertz CT molecular complexity index is 724. The van der Waals surface area contributed by atoms with Crippen molar-refractivity contribution in [2.75, 3.05) is 5.32 Å². The summed E-state index contributed by atoms with van der Waals surface area (Å²) in [4.78, 5) is 12.6. The molecule has 1 N–H and O–H groups in total. The molecule has 2 aromatic rings. The number of benzene rings is 1. The van der Waals surface area contributed by atoms with Crippen molar-refractivity contribution in [3.63, 3.8) is 0 Å². The molecule has 0 aliphatic heterocycles. The van der Waals surface area contributed by atoms with E-state index in [4.69, 9.17) is 34.8 Å². The third kappa shape index (κ3) is 4.17. The van der Waals surface area contributed by atoms with E-state index in [0.717, 1.165) is 17.7 Å². The molecule has 1 atom stereocenters. The molecule has 23 heavy (non-hydrogen) atoms. The summed E-state index contributed by atoms with van der Waals surface area (Å²) in [5.41, 5.74) is 2.54. The summed E-state index contributed by atoms with van der Waals surface area (Å²) in [5, 5.41) is 3.83. The van der Waals surface area contributed by atoms with E-state index >= 15 is 0 Å². The maximum Gasteiger partial charge on any atom is 0.293 e. The molecule has 2 rings (SSSR count). The van der Waals surface area contributed by atoms with Crippen LogP contribution in [0.25, 0.3) is 0 Å². The zero-order valence-corrected chi connectivity index (χ0v) is 15.4. The van der Waals surface area contributed by atoms with Gasteiger partial charge in [0.05, 0.1) is 15.7 Å². The highest BCUT2D eigenvalue weighted by atomic mass is 35.5. The number of carbonyl (C=O) groups excluding carboxylic acids is 1. The second kappa shape index (κ2) is 7.52. The fourth-order valence-corrected chi connectivity index (χ4v) is 3.19. The molecule has 0 aliphatic rings. The largest absolute Gasteiger partial charge is 0.318 e. The first-order valence-electron chi connectivity index (χ1n) is 7.29. The Hall–Kier alpha value is -1.29. The van der Waals surface area contributed by atoms with Crippen LogP contribution < -0.4 is 9.88 Å². The molecule has 0 spiro atoms. The Labute approximate surface area is 151 Å². The molecular weight excluding hydrogens is 355 g/mol. The quantitative estimate of drug-likeness (QED) is 0.752. The van der Waals surface area contributed by atoms with Gasteiger partial charge in [0.1, 0.15) is 0 Å². The SMILES string of the molecule is CCc1ccc(C)[n+]([C@H](C)C(=O)Nc2c(Cl)cc(Cl)cc2Cl)c1. The van der Waals surface area contributed by atoms with E-state index in [1.54, 1.807) is 12.1 Å². The van der Waals surface area contributed by atoms with Crippen LogP contribution in [0, 0.1) is 6.92 Å². The Morgan fingerprint density at radius 1 is 1.22 bits per heavy atom. The van der Waals surface area contributed by atoms with Crippen molar-refractivity contribution < 1.29 is 9.36 Å². The van der Waals surface area contributed by atoms with E-state index in [1.165, 1.54) is 0 Å². The molecule has 0 fully saturated rings. The van der Waals surface area contributed by atoms with Crippen LogP contribution in [0.4, 0.5) is 5.69 Å². The number of nitrogens with zero attached hydrogens (tertiary/aromatic N) is 1. The molecule has 0 saturated heterocycles. The molecule has 122 valence electrons. The van der Waals surface area contributed by atoms with Crippen molar-refractivity contribution in [1.29, 1.82) is 0 Å². The number of hydrogen-bond acceptors (Lipinski definition) is 1. The van der Waals surface area contributed by atoms with Gasteiger partial charge >= 0.3 is 0 Å². The fraction of sp³-hybridized carbons (Fsp3) is 0.294. The normalized spacial score (nSPS) is 12.1. The van der Waals surface area contributed by atoms with Crippen LogP contribution in [-0.4, -0.2) is 5.91 Å². The predicted molar refractivity (Wildman–Crippen MR) is 95.6 cm³/mol. The first kappa shape index (κ1) is 18.1. The maximum absolute atomic E-state index is 12.6. The third-order valence-electron chi connectivity index (χ3n) is 3.71. The number of nitrogens with one attached hydrogen (secondary N) is 1. The average molecular weight is 373 g/mol. The van der Waals surface area contributed by atoms with E-state index in [1.807, 2.05) is 30.7 Å². The summed E-state index contributed by atoms with van der Waals surface area (Å²) in [6, 6.07) is 6.76. The van der Waals surface area contributed by atoms with Gasteiger partial charge in [-0.1, -0.05) is 41.7 Å². The fourth-order valence-electron chi connectivity index (χ4n) is 2.28. The number of anilines is 1. The summed E-state index contributed by atoms with van der Waals surface area (Å²) in [5.74, 6) is -0.197. The zero-order chi connectivity index (χ0) is 17.1. The summed E-state index contributed by atoms with van der Waals surface area (Å²) in [6.07, 6.45) is 2.90. The second-order valence-electron chi connectivity index (χ2n) is 5.35. The van der Waals surface area contributed by atoms with E-state index in [0.29, 0.717) is 20.8 Å². The van der Waals surface area contributed by atoms with Gasteiger partial charge in [-0.15, -0.1) is 0 Å². The molecule has 0 saturated carbocycles. The Balaban J connectivity index is 2.28. The van der Waals surface area contributed by atoms with Crippen LogP contribution >= 0.6 is 34.8 Å². The number of hydrogen-bond donors (Lipinski definition) is 1.